The first-order valence-electron chi connectivity index (χ1n) is 6.53. The lowest BCUT2D eigenvalue weighted by atomic mass is 10.0. The minimum Gasteiger partial charge on any atom is -0.480 e. The fourth-order valence-corrected chi connectivity index (χ4v) is 5.21. The van der Waals surface area contributed by atoms with Crippen LogP contribution in [0.2, 0.25) is 0 Å². The van der Waals surface area contributed by atoms with Crippen LogP contribution in [0.3, 0.4) is 0 Å². The average Bonchev–Trinajstić information content (AvgIpc) is 2.98. The molecule has 2 unspecified atom stereocenters. The van der Waals surface area contributed by atoms with Crippen LogP contribution in [0.4, 0.5) is 5.00 Å². The average molecular weight is 361 g/mol. The Morgan fingerprint density at radius 2 is 2.27 bits per heavy atom. The quantitative estimate of drug-likeness (QED) is 0.652. The van der Waals surface area contributed by atoms with Crippen LogP contribution in [-0.4, -0.2) is 56.4 Å². The van der Waals surface area contributed by atoms with Crippen molar-refractivity contribution in [1.29, 1.82) is 0 Å². The number of thiophene rings is 1. The topological polar surface area (TPSA) is 77.9 Å². The van der Waals surface area contributed by atoms with E-state index in [9.17, 15) is 19.5 Å². The molecule has 0 aliphatic carbocycles. The molecule has 3 rings (SSSR count). The molecule has 118 valence electrons. The van der Waals surface area contributed by atoms with Crippen LogP contribution in [0.15, 0.2) is 17.5 Å². The minimum absolute atomic E-state index is 0.0346. The van der Waals surface area contributed by atoms with Crippen molar-refractivity contribution in [3.8, 4) is 0 Å². The first-order chi connectivity index (χ1) is 10.3. The van der Waals surface area contributed by atoms with Gasteiger partial charge in [0, 0.05) is 12.7 Å². The maximum atomic E-state index is 12.4. The van der Waals surface area contributed by atoms with E-state index in [1.807, 2.05) is 11.4 Å². The van der Waals surface area contributed by atoms with Gasteiger partial charge in [-0.1, -0.05) is 0 Å². The maximum absolute atomic E-state index is 12.4. The van der Waals surface area contributed by atoms with Gasteiger partial charge in [0.1, 0.15) is 11.4 Å². The van der Waals surface area contributed by atoms with Crippen LogP contribution in [0.25, 0.3) is 0 Å². The van der Waals surface area contributed by atoms with E-state index in [-0.39, 0.29) is 29.5 Å². The summed E-state index contributed by atoms with van der Waals surface area (Å²) in [4.78, 5) is 37.1. The van der Waals surface area contributed by atoms with Crippen molar-refractivity contribution in [3.63, 3.8) is 0 Å². The number of aliphatic carboxylic acids is 1. The molecule has 0 spiro atoms. The number of hydrogen-bond acceptors (Lipinski definition) is 5. The zero-order valence-corrected chi connectivity index (χ0v) is 14.0. The second-order valence-corrected chi connectivity index (χ2v) is 7.98. The molecule has 9 heteroatoms. The first-order valence-corrected chi connectivity index (χ1v) is 8.83. The molecule has 2 saturated heterocycles. The Morgan fingerprint density at radius 3 is 2.82 bits per heavy atom. The Balaban J connectivity index is 1.83. The number of carbonyl (C=O) groups is 3. The van der Waals surface area contributed by atoms with Gasteiger partial charge in [-0.15, -0.1) is 34.7 Å². The number of carbonyl (C=O) groups excluding carboxylic acids is 2. The molecule has 2 amide bonds. The van der Waals surface area contributed by atoms with Crippen LogP contribution in [0.1, 0.15) is 6.92 Å². The molecule has 6 nitrogen and oxygen atoms in total. The molecule has 0 radical (unpaired) electrons. The molecular weight excluding hydrogens is 348 g/mol. The molecule has 2 aliphatic heterocycles. The SMILES string of the molecule is CC(=O)N(c1cccs1)C1C(=O)N2CC(Cl)(C(=O)O)CS[C@H]12. The highest BCUT2D eigenvalue weighted by atomic mass is 35.5. The van der Waals surface area contributed by atoms with Crippen molar-refractivity contribution in [3.05, 3.63) is 17.5 Å². The Labute approximate surface area is 140 Å². The van der Waals surface area contributed by atoms with E-state index >= 15 is 0 Å². The Hall–Kier alpha value is -1.25. The second-order valence-electron chi connectivity index (χ2n) is 5.22. The molecule has 1 aromatic heterocycles. The van der Waals surface area contributed by atoms with Gasteiger partial charge in [-0.25, -0.2) is 0 Å². The molecule has 3 heterocycles. The lowest BCUT2D eigenvalue weighted by Crippen LogP contribution is -2.74. The van der Waals surface area contributed by atoms with E-state index < -0.39 is 16.9 Å². The fourth-order valence-electron chi connectivity index (χ4n) is 2.65. The highest BCUT2D eigenvalue weighted by Gasteiger charge is 2.59. The molecule has 0 saturated carbocycles. The zero-order valence-electron chi connectivity index (χ0n) is 11.6. The molecule has 0 bridgehead atoms. The largest absolute Gasteiger partial charge is 0.480 e. The summed E-state index contributed by atoms with van der Waals surface area (Å²) < 4.78 is 0. The number of anilines is 1. The summed E-state index contributed by atoms with van der Waals surface area (Å²) in [5.41, 5.74) is 0. The van der Waals surface area contributed by atoms with Crippen LogP contribution in [0.5, 0.6) is 0 Å². The number of carboxylic acids is 1. The van der Waals surface area contributed by atoms with Gasteiger partial charge in [0.2, 0.25) is 11.8 Å². The van der Waals surface area contributed by atoms with Gasteiger partial charge in [-0.2, -0.15) is 0 Å². The second kappa shape index (κ2) is 5.43. The molecule has 2 fully saturated rings. The lowest BCUT2D eigenvalue weighted by molar-refractivity contribution is -0.150. The first kappa shape index (κ1) is 15.6. The third-order valence-corrected chi connectivity index (χ3v) is 6.72. The van der Waals surface area contributed by atoms with Crippen molar-refractivity contribution in [2.24, 2.45) is 0 Å². The lowest BCUT2D eigenvalue weighted by Gasteiger charge is -2.54. The summed E-state index contributed by atoms with van der Waals surface area (Å²) in [5.74, 6) is -1.39. The normalized spacial score (nSPS) is 30.5. The standard InChI is InChI=1S/C13H13ClN2O4S2/c1-7(17)16(8-3-2-4-21-8)9-10(18)15-5-13(14,12(19)20)6-22-11(9)15/h2-4,9,11H,5-6H2,1H3,(H,19,20)/t9?,11-,13?/m1/s1. The minimum atomic E-state index is -1.45. The van der Waals surface area contributed by atoms with Crippen LogP contribution in [-0.2, 0) is 14.4 Å². The van der Waals surface area contributed by atoms with Gasteiger partial charge in [0.05, 0.1) is 11.5 Å². The number of carboxylic acid groups (broad SMARTS) is 1. The molecule has 0 aromatic carbocycles. The summed E-state index contributed by atoms with van der Waals surface area (Å²) >= 11 is 8.76. The maximum Gasteiger partial charge on any atom is 0.327 e. The number of thioether (sulfide) groups is 1. The van der Waals surface area contributed by atoms with Crippen LogP contribution in [0, 0.1) is 0 Å². The van der Waals surface area contributed by atoms with Crippen molar-refractivity contribution in [2.75, 3.05) is 17.2 Å². The third-order valence-electron chi connectivity index (χ3n) is 3.76. The van der Waals surface area contributed by atoms with Gasteiger partial charge in [0.25, 0.3) is 0 Å². The summed E-state index contributed by atoms with van der Waals surface area (Å²) in [5, 5.41) is 11.5. The zero-order chi connectivity index (χ0) is 16.1. The van der Waals surface area contributed by atoms with Gasteiger partial charge < -0.3 is 10.0 Å². The molecular formula is C13H13ClN2O4S2. The van der Waals surface area contributed by atoms with Gasteiger partial charge in [0.15, 0.2) is 4.87 Å². The van der Waals surface area contributed by atoms with E-state index in [2.05, 4.69) is 0 Å². The van der Waals surface area contributed by atoms with E-state index in [1.165, 1.54) is 39.8 Å². The summed E-state index contributed by atoms with van der Waals surface area (Å²) in [6, 6.07) is 3.02. The number of fused-ring (bicyclic) bond motifs is 1. The molecule has 22 heavy (non-hydrogen) atoms. The Morgan fingerprint density at radius 1 is 1.55 bits per heavy atom. The molecule has 2 aliphatic rings. The van der Waals surface area contributed by atoms with Crippen molar-refractivity contribution in [2.45, 2.75) is 23.2 Å². The number of amides is 2. The fraction of sp³-hybridized carbons (Fsp3) is 0.462. The monoisotopic (exact) mass is 360 g/mol. The number of rotatable bonds is 3. The van der Waals surface area contributed by atoms with E-state index in [0.717, 1.165) is 0 Å². The highest BCUT2D eigenvalue weighted by Crippen LogP contribution is 2.44. The van der Waals surface area contributed by atoms with Crippen molar-refractivity contribution >= 4 is 57.5 Å². The number of alkyl halides is 1. The Bertz CT molecular complexity index is 638. The van der Waals surface area contributed by atoms with Crippen LogP contribution < -0.4 is 4.90 Å². The van der Waals surface area contributed by atoms with Gasteiger partial charge in [-0.05, 0) is 17.5 Å². The van der Waals surface area contributed by atoms with E-state index in [4.69, 9.17) is 11.6 Å². The molecule has 3 atom stereocenters. The van der Waals surface area contributed by atoms with Crippen LogP contribution >= 0.6 is 34.7 Å². The predicted molar refractivity (Wildman–Crippen MR) is 85.4 cm³/mol. The van der Waals surface area contributed by atoms with Crippen molar-refractivity contribution < 1.29 is 19.5 Å². The number of hydrogen-bond donors (Lipinski definition) is 1. The molecule has 1 N–H and O–H groups in total. The third kappa shape index (κ3) is 2.29. The highest BCUT2D eigenvalue weighted by molar-refractivity contribution is 8.00. The molecule has 1 aromatic rings. The number of halogens is 1. The van der Waals surface area contributed by atoms with Crippen molar-refractivity contribution in [1.82, 2.24) is 4.90 Å². The summed E-state index contributed by atoms with van der Waals surface area (Å²) in [7, 11) is 0. The van der Waals surface area contributed by atoms with E-state index in [1.54, 1.807) is 6.07 Å². The number of nitrogens with zero attached hydrogens (tertiary/aromatic N) is 2. The van der Waals surface area contributed by atoms with Gasteiger partial charge in [-0.3, -0.25) is 19.3 Å². The van der Waals surface area contributed by atoms with Gasteiger partial charge >= 0.3 is 5.97 Å². The summed E-state index contributed by atoms with van der Waals surface area (Å²) in [6.45, 7) is 1.39. The summed E-state index contributed by atoms with van der Waals surface area (Å²) in [6.07, 6.45) is 0. The predicted octanol–water partition coefficient (Wildman–Crippen LogP) is 1.45. The number of β-lactam (4-membered cyclic amide) rings is 1. The smallest absolute Gasteiger partial charge is 0.327 e. The Kier molecular flexibility index (Phi) is 3.86. The van der Waals surface area contributed by atoms with E-state index in [0.29, 0.717) is 5.00 Å².